The van der Waals surface area contributed by atoms with Crippen LogP contribution in [0.3, 0.4) is 0 Å². The fourth-order valence-electron chi connectivity index (χ4n) is 1.96. The van der Waals surface area contributed by atoms with Gasteiger partial charge in [-0.05, 0) is 26.0 Å². The highest BCUT2D eigenvalue weighted by atomic mass is 19.4. The van der Waals surface area contributed by atoms with Crippen LogP contribution in [0.2, 0.25) is 0 Å². The highest BCUT2D eigenvalue weighted by molar-refractivity contribution is 5.81. The Bertz CT molecular complexity index is 631. The highest BCUT2D eigenvalue weighted by Crippen LogP contribution is 2.31. The Hall–Kier alpha value is -2.05. The average molecular weight is 285 g/mol. The number of fused-ring (bicyclic) bond motifs is 1. The second kappa shape index (κ2) is 5.15. The smallest absolute Gasteiger partial charge is 0.352 e. The lowest BCUT2D eigenvalue weighted by Gasteiger charge is -2.13. The molecule has 0 atom stereocenters. The molecule has 4 nitrogen and oxygen atoms in total. The number of rotatable bonds is 3. The number of alkyl halides is 3. The summed E-state index contributed by atoms with van der Waals surface area (Å²) in [5.74, 6) is -1.54. The van der Waals surface area contributed by atoms with Crippen molar-refractivity contribution < 1.29 is 18.0 Å². The van der Waals surface area contributed by atoms with Gasteiger partial charge in [-0.1, -0.05) is 12.1 Å². The number of carbonyl (C=O) groups excluding carboxylic acids is 1. The topological polar surface area (TPSA) is 46.9 Å². The number of benzene rings is 1. The Morgan fingerprint density at radius 2 is 2.00 bits per heavy atom. The van der Waals surface area contributed by atoms with Gasteiger partial charge in [0.05, 0.1) is 11.0 Å². The minimum atomic E-state index is -4.60. The molecule has 1 N–H and O–H groups in total. The third kappa shape index (κ3) is 2.92. The van der Waals surface area contributed by atoms with Crippen LogP contribution < -0.4 is 5.32 Å². The van der Waals surface area contributed by atoms with E-state index in [9.17, 15) is 18.0 Å². The van der Waals surface area contributed by atoms with E-state index in [4.69, 9.17) is 0 Å². The summed E-state index contributed by atoms with van der Waals surface area (Å²) in [7, 11) is 0. The van der Waals surface area contributed by atoms with Crippen LogP contribution >= 0.6 is 0 Å². The van der Waals surface area contributed by atoms with Crippen molar-refractivity contribution in [2.75, 3.05) is 0 Å². The molecule has 0 bridgehead atoms. The summed E-state index contributed by atoms with van der Waals surface area (Å²) in [6.07, 6.45) is -4.60. The van der Waals surface area contributed by atoms with E-state index >= 15 is 0 Å². The molecule has 0 fully saturated rings. The minimum Gasteiger partial charge on any atom is -0.352 e. The van der Waals surface area contributed by atoms with E-state index in [1.807, 2.05) is 0 Å². The Labute approximate surface area is 113 Å². The van der Waals surface area contributed by atoms with Gasteiger partial charge in [0, 0.05) is 6.04 Å². The van der Waals surface area contributed by atoms with Gasteiger partial charge in [-0.3, -0.25) is 4.79 Å². The first-order chi connectivity index (χ1) is 9.29. The summed E-state index contributed by atoms with van der Waals surface area (Å²) in [6, 6.07) is 6.09. The van der Waals surface area contributed by atoms with Gasteiger partial charge >= 0.3 is 6.18 Å². The first-order valence-corrected chi connectivity index (χ1v) is 6.11. The third-order valence-electron chi connectivity index (χ3n) is 2.66. The largest absolute Gasteiger partial charge is 0.449 e. The minimum absolute atomic E-state index is 0.133. The molecule has 0 radical (unpaired) electrons. The highest BCUT2D eigenvalue weighted by Gasteiger charge is 2.37. The Morgan fingerprint density at radius 3 is 2.60 bits per heavy atom. The molecule has 108 valence electrons. The number of hydrogen-bond acceptors (Lipinski definition) is 2. The molecule has 0 aliphatic heterocycles. The summed E-state index contributed by atoms with van der Waals surface area (Å²) in [6.45, 7) is 3.08. The van der Waals surface area contributed by atoms with E-state index in [-0.39, 0.29) is 11.6 Å². The first kappa shape index (κ1) is 14.4. The number of carbonyl (C=O) groups is 1. The van der Waals surface area contributed by atoms with Gasteiger partial charge in [0.25, 0.3) is 0 Å². The lowest BCUT2D eigenvalue weighted by atomic mass is 10.3. The van der Waals surface area contributed by atoms with Gasteiger partial charge in [0.1, 0.15) is 6.54 Å². The number of halogens is 3. The lowest BCUT2D eigenvalue weighted by molar-refractivity contribution is -0.147. The zero-order chi connectivity index (χ0) is 14.9. The van der Waals surface area contributed by atoms with E-state index in [0.717, 1.165) is 4.57 Å². The molecule has 0 saturated heterocycles. The van der Waals surface area contributed by atoms with E-state index < -0.39 is 24.5 Å². The van der Waals surface area contributed by atoms with E-state index in [1.54, 1.807) is 26.0 Å². The van der Waals surface area contributed by atoms with Crippen LogP contribution in [0.5, 0.6) is 0 Å². The van der Waals surface area contributed by atoms with Crippen molar-refractivity contribution in [2.45, 2.75) is 32.6 Å². The monoisotopic (exact) mass is 285 g/mol. The molecule has 0 spiro atoms. The molecule has 2 aromatic rings. The molecule has 1 heterocycles. The summed E-state index contributed by atoms with van der Waals surface area (Å²) in [5.41, 5.74) is 0.510. The molecule has 1 aromatic heterocycles. The molecule has 0 aliphatic carbocycles. The van der Waals surface area contributed by atoms with E-state index in [1.165, 1.54) is 12.1 Å². The fourth-order valence-corrected chi connectivity index (χ4v) is 1.96. The standard InChI is InChI=1S/C13H14F3N3O/c1-8(2)17-11(20)7-19-10-6-4-3-5-9(10)18-12(19)13(14,15)16/h3-6,8H,7H2,1-2H3,(H,17,20). The van der Waals surface area contributed by atoms with E-state index in [2.05, 4.69) is 10.3 Å². The molecular weight excluding hydrogens is 271 g/mol. The third-order valence-corrected chi connectivity index (χ3v) is 2.66. The lowest BCUT2D eigenvalue weighted by Crippen LogP contribution is -2.34. The summed E-state index contributed by atoms with van der Waals surface area (Å²) in [5, 5.41) is 2.57. The average Bonchev–Trinajstić information content (AvgIpc) is 2.67. The first-order valence-electron chi connectivity index (χ1n) is 6.11. The maximum absolute atomic E-state index is 13.0. The summed E-state index contributed by atoms with van der Waals surface area (Å²) >= 11 is 0. The molecule has 7 heteroatoms. The fraction of sp³-hybridized carbons (Fsp3) is 0.385. The molecule has 20 heavy (non-hydrogen) atoms. The summed E-state index contributed by atoms with van der Waals surface area (Å²) < 4.78 is 39.8. The molecule has 1 amide bonds. The number of imidazole rings is 1. The molecule has 0 saturated carbocycles. The predicted molar refractivity (Wildman–Crippen MR) is 68.0 cm³/mol. The van der Waals surface area contributed by atoms with Gasteiger partial charge in [0.2, 0.25) is 11.7 Å². The van der Waals surface area contributed by atoms with Crippen molar-refractivity contribution >= 4 is 16.9 Å². The van der Waals surface area contributed by atoms with Crippen molar-refractivity contribution in [3.8, 4) is 0 Å². The van der Waals surface area contributed by atoms with Gasteiger partial charge in [-0.15, -0.1) is 0 Å². The van der Waals surface area contributed by atoms with Gasteiger partial charge in [-0.25, -0.2) is 4.98 Å². The second-order valence-corrected chi connectivity index (χ2v) is 4.73. The molecule has 0 aliphatic rings. The zero-order valence-corrected chi connectivity index (χ0v) is 11.0. The van der Waals surface area contributed by atoms with Crippen molar-refractivity contribution in [3.05, 3.63) is 30.1 Å². The van der Waals surface area contributed by atoms with Crippen LogP contribution in [0.25, 0.3) is 11.0 Å². The molecular formula is C13H14F3N3O. The van der Waals surface area contributed by atoms with Gasteiger partial charge in [0.15, 0.2) is 0 Å². The number of hydrogen-bond donors (Lipinski definition) is 1. The SMILES string of the molecule is CC(C)NC(=O)Cn1c(C(F)(F)F)nc2ccccc21. The van der Waals surface area contributed by atoms with Crippen LogP contribution in [0.15, 0.2) is 24.3 Å². The van der Waals surface area contributed by atoms with Crippen LogP contribution in [0.1, 0.15) is 19.7 Å². The Balaban J connectivity index is 2.46. The van der Waals surface area contributed by atoms with Crippen molar-refractivity contribution in [2.24, 2.45) is 0 Å². The zero-order valence-electron chi connectivity index (χ0n) is 11.0. The van der Waals surface area contributed by atoms with Gasteiger partial charge in [-0.2, -0.15) is 13.2 Å². The molecule has 0 unspecified atom stereocenters. The van der Waals surface area contributed by atoms with Crippen LogP contribution in [-0.2, 0) is 17.5 Å². The number of aromatic nitrogens is 2. The number of para-hydroxylation sites is 2. The van der Waals surface area contributed by atoms with Crippen molar-refractivity contribution in [3.63, 3.8) is 0 Å². The van der Waals surface area contributed by atoms with Crippen molar-refractivity contribution in [1.29, 1.82) is 0 Å². The number of amides is 1. The molecule has 2 rings (SSSR count). The Morgan fingerprint density at radius 1 is 1.35 bits per heavy atom. The maximum Gasteiger partial charge on any atom is 0.449 e. The normalized spacial score (nSPS) is 12.1. The summed E-state index contributed by atoms with van der Waals surface area (Å²) in [4.78, 5) is 15.3. The maximum atomic E-state index is 13.0. The number of nitrogens with one attached hydrogen (secondary N) is 1. The second-order valence-electron chi connectivity index (χ2n) is 4.73. The van der Waals surface area contributed by atoms with Crippen LogP contribution in [0.4, 0.5) is 13.2 Å². The van der Waals surface area contributed by atoms with Crippen LogP contribution in [-0.4, -0.2) is 21.5 Å². The predicted octanol–water partition coefficient (Wildman–Crippen LogP) is 2.58. The quantitative estimate of drug-likeness (QED) is 0.942. The van der Waals surface area contributed by atoms with E-state index in [0.29, 0.717) is 5.52 Å². The number of nitrogens with zero attached hydrogens (tertiary/aromatic N) is 2. The Kier molecular flexibility index (Phi) is 3.69. The van der Waals surface area contributed by atoms with Gasteiger partial charge < -0.3 is 9.88 Å². The van der Waals surface area contributed by atoms with Crippen LogP contribution in [0, 0.1) is 0 Å². The molecule has 1 aromatic carbocycles. The van der Waals surface area contributed by atoms with Crippen molar-refractivity contribution in [1.82, 2.24) is 14.9 Å².